The molecule has 3 N–H and O–H groups in total. The van der Waals surface area contributed by atoms with Gasteiger partial charge in [-0.1, -0.05) is 6.07 Å². The number of pyridine rings is 2. The Morgan fingerprint density at radius 2 is 2.06 bits per heavy atom. The number of rotatable bonds is 4. The van der Waals surface area contributed by atoms with Crippen molar-refractivity contribution in [2.45, 2.75) is 13.5 Å². The molecular weight excluding hydrogens is 228 g/mol. The van der Waals surface area contributed by atoms with Crippen LogP contribution in [0.25, 0.3) is 0 Å². The van der Waals surface area contributed by atoms with E-state index in [1.54, 1.807) is 12.1 Å². The Morgan fingerprint density at radius 3 is 2.61 bits per heavy atom. The van der Waals surface area contributed by atoms with Crippen molar-refractivity contribution in [3.8, 4) is 0 Å². The number of hydrogen-bond donors (Lipinski definition) is 2. The van der Waals surface area contributed by atoms with Crippen molar-refractivity contribution in [2.75, 3.05) is 5.32 Å². The highest BCUT2D eigenvalue weighted by molar-refractivity contribution is 5.92. The van der Waals surface area contributed by atoms with Gasteiger partial charge in [-0.3, -0.25) is 9.78 Å². The number of anilines is 1. The molecule has 0 saturated carbocycles. The van der Waals surface area contributed by atoms with Crippen molar-refractivity contribution in [3.63, 3.8) is 0 Å². The number of nitrogens with one attached hydrogen (secondary N) is 1. The number of carbonyl (C=O) groups excluding carboxylic acids is 1. The molecule has 2 aromatic rings. The van der Waals surface area contributed by atoms with E-state index in [9.17, 15) is 4.79 Å². The van der Waals surface area contributed by atoms with Crippen LogP contribution in [-0.4, -0.2) is 15.9 Å². The van der Waals surface area contributed by atoms with Crippen LogP contribution in [0.5, 0.6) is 0 Å². The zero-order valence-electron chi connectivity index (χ0n) is 10.1. The molecular formula is C13H14N4O. The van der Waals surface area contributed by atoms with Crippen molar-refractivity contribution in [1.29, 1.82) is 0 Å². The Morgan fingerprint density at radius 1 is 1.22 bits per heavy atom. The number of aromatic nitrogens is 2. The van der Waals surface area contributed by atoms with Gasteiger partial charge in [-0.15, -0.1) is 0 Å². The van der Waals surface area contributed by atoms with Crippen molar-refractivity contribution < 1.29 is 4.79 Å². The predicted octanol–water partition coefficient (Wildman–Crippen LogP) is 1.50. The molecule has 0 aliphatic carbocycles. The third-order valence-corrected chi connectivity index (χ3v) is 2.49. The first-order valence-corrected chi connectivity index (χ1v) is 5.56. The summed E-state index contributed by atoms with van der Waals surface area (Å²) >= 11 is 0. The lowest BCUT2D eigenvalue weighted by atomic mass is 10.2. The van der Waals surface area contributed by atoms with Gasteiger partial charge in [0, 0.05) is 24.6 Å². The number of carbonyl (C=O) groups is 1. The predicted molar refractivity (Wildman–Crippen MR) is 69.1 cm³/mol. The molecule has 0 aromatic carbocycles. The van der Waals surface area contributed by atoms with Gasteiger partial charge in [0.05, 0.1) is 5.56 Å². The summed E-state index contributed by atoms with van der Waals surface area (Å²) in [4.78, 5) is 19.2. The summed E-state index contributed by atoms with van der Waals surface area (Å²) in [6.07, 6.45) is 3.28. The minimum atomic E-state index is -0.475. The van der Waals surface area contributed by atoms with Crippen LogP contribution in [0.1, 0.15) is 21.6 Å². The lowest BCUT2D eigenvalue weighted by molar-refractivity contribution is 0.1000. The fourth-order valence-corrected chi connectivity index (χ4v) is 1.44. The molecule has 0 radical (unpaired) electrons. The highest BCUT2D eigenvalue weighted by Crippen LogP contribution is 2.07. The highest BCUT2D eigenvalue weighted by Gasteiger charge is 2.00. The monoisotopic (exact) mass is 242 g/mol. The van der Waals surface area contributed by atoms with Crippen molar-refractivity contribution in [1.82, 2.24) is 9.97 Å². The molecule has 0 atom stereocenters. The normalized spacial score (nSPS) is 10.1. The molecule has 0 aliphatic heterocycles. The molecule has 92 valence electrons. The zero-order chi connectivity index (χ0) is 13.0. The molecule has 0 unspecified atom stereocenters. The SMILES string of the molecule is Cc1ccc(CNc2ccc(C(N)=O)cn2)cn1. The van der Waals surface area contributed by atoms with Crippen LogP contribution in [0.2, 0.25) is 0 Å². The molecule has 0 bridgehead atoms. The van der Waals surface area contributed by atoms with Crippen LogP contribution in [0.4, 0.5) is 5.82 Å². The topological polar surface area (TPSA) is 80.9 Å². The Bertz CT molecular complexity index is 534. The summed E-state index contributed by atoms with van der Waals surface area (Å²) < 4.78 is 0. The Labute approximate surface area is 105 Å². The quantitative estimate of drug-likeness (QED) is 0.851. The fourth-order valence-electron chi connectivity index (χ4n) is 1.44. The van der Waals surface area contributed by atoms with Crippen LogP contribution >= 0.6 is 0 Å². The van der Waals surface area contributed by atoms with Crippen molar-refractivity contribution >= 4 is 11.7 Å². The maximum atomic E-state index is 10.9. The molecule has 0 spiro atoms. The van der Waals surface area contributed by atoms with Gasteiger partial charge in [0.2, 0.25) is 5.91 Å². The number of amides is 1. The number of nitrogens with zero attached hydrogens (tertiary/aromatic N) is 2. The molecule has 2 aromatic heterocycles. The number of aryl methyl sites for hydroxylation is 1. The Kier molecular flexibility index (Phi) is 3.52. The average Bonchev–Trinajstić information content (AvgIpc) is 2.38. The Balaban J connectivity index is 1.97. The molecule has 0 fully saturated rings. The van der Waals surface area contributed by atoms with E-state index >= 15 is 0 Å². The molecule has 5 heteroatoms. The molecule has 18 heavy (non-hydrogen) atoms. The molecule has 1 amide bonds. The van der Waals surface area contributed by atoms with E-state index in [0.717, 1.165) is 11.3 Å². The van der Waals surface area contributed by atoms with Crippen molar-refractivity contribution in [2.24, 2.45) is 5.73 Å². The third kappa shape index (κ3) is 3.04. The lowest BCUT2D eigenvalue weighted by Gasteiger charge is -2.05. The van der Waals surface area contributed by atoms with E-state index in [4.69, 9.17) is 5.73 Å². The lowest BCUT2D eigenvalue weighted by Crippen LogP contribution is -2.11. The Hall–Kier alpha value is -2.43. The third-order valence-electron chi connectivity index (χ3n) is 2.49. The van der Waals surface area contributed by atoms with Gasteiger partial charge in [0.1, 0.15) is 5.82 Å². The number of hydrogen-bond acceptors (Lipinski definition) is 4. The van der Waals surface area contributed by atoms with Crippen LogP contribution in [0.15, 0.2) is 36.7 Å². The maximum absolute atomic E-state index is 10.9. The van der Waals surface area contributed by atoms with Gasteiger partial charge in [-0.25, -0.2) is 4.98 Å². The second kappa shape index (κ2) is 5.27. The van der Waals surface area contributed by atoms with E-state index in [-0.39, 0.29) is 0 Å². The zero-order valence-corrected chi connectivity index (χ0v) is 10.1. The van der Waals surface area contributed by atoms with Gasteiger partial charge in [0.25, 0.3) is 0 Å². The maximum Gasteiger partial charge on any atom is 0.250 e. The van der Waals surface area contributed by atoms with E-state index in [2.05, 4.69) is 15.3 Å². The first-order valence-electron chi connectivity index (χ1n) is 5.56. The summed E-state index contributed by atoms with van der Waals surface area (Å²) in [5.41, 5.74) is 7.60. The van der Waals surface area contributed by atoms with Gasteiger partial charge < -0.3 is 11.1 Å². The van der Waals surface area contributed by atoms with Crippen LogP contribution in [-0.2, 0) is 6.54 Å². The molecule has 2 rings (SSSR count). The fraction of sp³-hybridized carbons (Fsp3) is 0.154. The standard InChI is InChI=1S/C13H14N4O/c1-9-2-3-10(6-15-9)7-16-12-5-4-11(8-17-12)13(14)18/h2-6,8H,7H2,1H3,(H2,14,18)(H,16,17). The second-order valence-electron chi connectivity index (χ2n) is 3.96. The van der Waals surface area contributed by atoms with Crippen LogP contribution in [0, 0.1) is 6.92 Å². The molecule has 0 saturated heterocycles. The summed E-state index contributed by atoms with van der Waals surface area (Å²) in [7, 11) is 0. The van der Waals surface area contributed by atoms with E-state index in [1.165, 1.54) is 6.20 Å². The minimum absolute atomic E-state index is 0.401. The molecule has 0 aliphatic rings. The first-order chi connectivity index (χ1) is 8.65. The van der Waals surface area contributed by atoms with Gasteiger partial charge >= 0.3 is 0 Å². The summed E-state index contributed by atoms with van der Waals surface area (Å²) in [6, 6.07) is 7.33. The number of nitrogens with two attached hydrogens (primary N) is 1. The first kappa shape index (κ1) is 12.0. The van der Waals surface area contributed by atoms with Crippen molar-refractivity contribution in [3.05, 3.63) is 53.5 Å². The van der Waals surface area contributed by atoms with E-state index in [0.29, 0.717) is 17.9 Å². The minimum Gasteiger partial charge on any atom is -0.366 e. The average molecular weight is 242 g/mol. The number of primary amides is 1. The van der Waals surface area contributed by atoms with E-state index in [1.807, 2.05) is 25.3 Å². The van der Waals surface area contributed by atoms with E-state index < -0.39 is 5.91 Å². The van der Waals surface area contributed by atoms with Gasteiger partial charge in [-0.05, 0) is 30.7 Å². The molecule has 5 nitrogen and oxygen atoms in total. The van der Waals surface area contributed by atoms with Gasteiger partial charge in [-0.2, -0.15) is 0 Å². The highest BCUT2D eigenvalue weighted by atomic mass is 16.1. The van der Waals surface area contributed by atoms with Crippen LogP contribution < -0.4 is 11.1 Å². The largest absolute Gasteiger partial charge is 0.366 e. The smallest absolute Gasteiger partial charge is 0.250 e. The molecule has 2 heterocycles. The summed E-state index contributed by atoms with van der Waals surface area (Å²) in [5, 5.41) is 3.14. The van der Waals surface area contributed by atoms with Gasteiger partial charge in [0.15, 0.2) is 0 Å². The second-order valence-corrected chi connectivity index (χ2v) is 3.96. The summed E-state index contributed by atoms with van der Waals surface area (Å²) in [6.45, 7) is 2.58. The van der Waals surface area contributed by atoms with Crippen LogP contribution in [0.3, 0.4) is 0 Å². The summed E-state index contributed by atoms with van der Waals surface area (Å²) in [5.74, 6) is 0.220.